The predicted molar refractivity (Wildman–Crippen MR) is 72.3 cm³/mol. The van der Waals surface area contributed by atoms with Crippen molar-refractivity contribution < 1.29 is 9.59 Å². The molecule has 0 radical (unpaired) electrons. The van der Waals surface area contributed by atoms with E-state index >= 15 is 0 Å². The van der Waals surface area contributed by atoms with Gasteiger partial charge in [0.2, 0.25) is 5.91 Å². The van der Waals surface area contributed by atoms with E-state index in [0.29, 0.717) is 0 Å². The quantitative estimate of drug-likeness (QED) is 0.763. The maximum absolute atomic E-state index is 12.4. The molecule has 2 unspecified atom stereocenters. The highest BCUT2D eigenvalue weighted by atomic mass is 16.2. The van der Waals surface area contributed by atoms with Crippen molar-refractivity contribution in [2.45, 2.75) is 38.1 Å². The Balaban J connectivity index is 2.04. The zero-order valence-electron chi connectivity index (χ0n) is 11.3. The number of carbonyl (C=O) groups is 2. The van der Waals surface area contributed by atoms with E-state index < -0.39 is 5.54 Å². The molecule has 0 saturated carbocycles. The molecule has 0 bridgehead atoms. The van der Waals surface area contributed by atoms with Gasteiger partial charge in [0, 0.05) is 0 Å². The number of likely N-dealkylation sites (tertiary alicyclic amines) is 1. The number of amides is 2. The predicted octanol–water partition coefficient (Wildman–Crippen LogP) is 1.39. The minimum Gasteiger partial charge on any atom is -0.294 e. The van der Waals surface area contributed by atoms with Gasteiger partial charge in [0.15, 0.2) is 0 Å². The van der Waals surface area contributed by atoms with Gasteiger partial charge in [0.1, 0.15) is 5.54 Å². The molecule has 0 aromatic rings. The Morgan fingerprint density at radius 2 is 2.05 bits per heavy atom. The molecule has 102 valence electrons. The summed E-state index contributed by atoms with van der Waals surface area (Å²) in [6.07, 6.45) is 10.1. The first-order valence-electron chi connectivity index (χ1n) is 7.19. The molecule has 19 heavy (non-hydrogen) atoms. The third kappa shape index (κ3) is 1.70. The van der Waals surface area contributed by atoms with Crippen LogP contribution in [-0.2, 0) is 9.59 Å². The Morgan fingerprint density at radius 1 is 1.32 bits per heavy atom. The summed E-state index contributed by atoms with van der Waals surface area (Å²) < 4.78 is 0. The van der Waals surface area contributed by atoms with Crippen LogP contribution in [0.1, 0.15) is 32.6 Å². The summed E-state index contributed by atoms with van der Waals surface area (Å²) in [4.78, 5) is 26.9. The summed E-state index contributed by atoms with van der Waals surface area (Å²) >= 11 is 0. The molecule has 2 heterocycles. The summed E-state index contributed by atoms with van der Waals surface area (Å²) in [6, 6.07) is 0. The van der Waals surface area contributed by atoms with Crippen LogP contribution in [0.15, 0.2) is 23.8 Å². The van der Waals surface area contributed by atoms with Crippen LogP contribution in [0.25, 0.3) is 0 Å². The van der Waals surface area contributed by atoms with Gasteiger partial charge >= 0.3 is 0 Å². The highest BCUT2D eigenvalue weighted by Gasteiger charge is 2.58. The fourth-order valence-electron chi connectivity index (χ4n) is 3.67. The third-order valence-corrected chi connectivity index (χ3v) is 4.62. The SMILES string of the molecule is CCC1=CC=CC2(N3CCCCC3)C(=O)NC(=O)C12. The van der Waals surface area contributed by atoms with Gasteiger partial charge in [-0.1, -0.05) is 37.1 Å². The number of nitrogens with zero attached hydrogens (tertiary/aromatic N) is 1. The molecule has 2 saturated heterocycles. The molecule has 4 nitrogen and oxygen atoms in total. The molecule has 2 amide bonds. The molecule has 0 aromatic heterocycles. The molecule has 4 heteroatoms. The van der Waals surface area contributed by atoms with Crippen molar-refractivity contribution in [1.82, 2.24) is 10.2 Å². The number of hydrogen-bond donors (Lipinski definition) is 1. The van der Waals surface area contributed by atoms with Gasteiger partial charge in [-0.15, -0.1) is 0 Å². The van der Waals surface area contributed by atoms with Crippen molar-refractivity contribution in [3.8, 4) is 0 Å². The van der Waals surface area contributed by atoms with Gasteiger partial charge < -0.3 is 0 Å². The molecule has 3 rings (SSSR count). The molecular formula is C15H20N2O2. The van der Waals surface area contributed by atoms with Crippen LogP contribution in [0.3, 0.4) is 0 Å². The Morgan fingerprint density at radius 3 is 2.74 bits per heavy atom. The summed E-state index contributed by atoms with van der Waals surface area (Å²) in [5.41, 5.74) is 0.314. The molecule has 0 aromatic carbocycles. The largest absolute Gasteiger partial charge is 0.294 e. The highest BCUT2D eigenvalue weighted by Crippen LogP contribution is 2.41. The van der Waals surface area contributed by atoms with Crippen LogP contribution < -0.4 is 5.32 Å². The zero-order chi connectivity index (χ0) is 13.5. The second-order valence-electron chi connectivity index (χ2n) is 5.58. The van der Waals surface area contributed by atoms with Crippen LogP contribution in [0.2, 0.25) is 0 Å². The number of nitrogens with one attached hydrogen (secondary N) is 1. The maximum Gasteiger partial charge on any atom is 0.252 e. The van der Waals surface area contributed by atoms with Gasteiger partial charge in [-0.2, -0.15) is 0 Å². The zero-order valence-corrected chi connectivity index (χ0v) is 11.3. The molecule has 2 aliphatic heterocycles. The normalized spacial score (nSPS) is 35.0. The minimum atomic E-state index is -0.752. The van der Waals surface area contributed by atoms with E-state index in [-0.39, 0.29) is 17.7 Å². The third-order valence-electron chi connectivity index (χ3n) is 4.62. The number of allylic oxidation sites excluding steroid dienone is 2. The molecule has 0 spiro atoms. The number of fused-ring (bicyclic) bond motifs is 1. The Labute approximate surface area is 113 Å². The van der Waals surface area contributed by atoms with Crippen LogP contribution in [0, 0.1) is 5.92 Å². The first-order chi connectivity index (χ1) is 9.20. The van der Waals surface area contributed by atoms with E-state index in [1.807, 2.05) is 25.2 Å². The summed E-state index contributed by atoms with van der Waals surface area (Å²) in [5.74, 6) is -0.596. The van der Waals surface area contributed by atoms with E-state index in [1.54, 1.807) is 0 Å². The van der Waals surface area contributed by atoms with Gasteiger partial charge in [0.05, 0.1) is 5.92 Å². The average molecular weight is 260 g/mol. The van der Waals surface area contributed by atoms with Gasteiger partial charge in [0.25, 0.3) is 5.91 Å². The van der Waals surface area contributed by atoms with Crippen LogP contribution in [-0.4, -0.2) is 35.3 Å². The van der Waals surface area contributed by atoms with Crippen molar-refractivity contribution in [2.24, 2.45) is 5.92 Å². The Bertz CT molecular complexity index is 475. The van der Waals surface area contributed by atoms with Gasteiger partial charge in [-0.25, -0.2) is 0 Å². The molecule has 1 N–H and O–H groups in total. The number of hydrogen-bond acceptors (Lipinski definition) is 3. The van der Waals surface area contributed by atoms with E-state index in [9.17, 15) is 9.59 Å². The minimum absolute atomic E-state index is 0.131. The smallest absolute Gasteiger partial charge is 0.252 e. The van der Waals surface area contributed by atoms with Crippen molar-refractivity contribution >= 4 is 11.8 Å². The number of carbonyl (C=O) groups excluding carboxylic acids is 2. The van der Waals surface area contributed by atoms with Crippen molar-refractivity contribution in [3.63, 3.8) is 0 Å². The lowest BCUT2D eigenvalue weighted by molar-refractivity contribution is -0.129. The average Bonchev–Trinajstić information content (AvgIpc) is 2.72. The Kier molecular flexibility index (Phi) is 3.05. The fraction of sp³-hybridized carbons (Fsp3) is 0.600. The first kappa shape index (κ1) is 12.6. The van der Waals surface area contributed by atoms with Crippen molar-refractivity contribution in [2.75, 3.05) is 13.1 Å². The lowest BCUT2D eigenvalue weighted by Crippen LogP contribution is -2.58. The van der Waals surface area contributed by atoms with E-state index in [0.717, 1.165) is 37.9 Å². The molecule has 2 fully saturated rings. The van der Waals surface area contributed by atoms with E-state index in [1.165, 1.54) is 6.42 Å². The van der Waals surface area contributed by atoms with E-state index in [2.05, 4.69) is 10.2 Å². The Hall–Kier alpha value is -1.42. The lowest BCUT2D eigenvalue weighted by Gasteiger charge is -2.43. The number of piperidine rings is 1. The van der Waals surface area contributed by atoms with E-state index in [4.69, 9.17) is 0 Å². The molecule has 1 aliphatic carbocycles. The monoisotopic (exact) mass is 260 g/mol. The van der Waals surface area contributed by atoms with Gasteiger partial charge in [-0.3, -0.25) is 19.8 Å². The lowest BCUT2D eigenvalue weighted by atomic mass is 9.74. The standard InChI is InChI=1S/C15H20N2O2/c1-2-11-7-6-8-15(17-9-4-3-5-10-17)12(11)13(18)16-14(15)19/h6-8,12H,2-5,9-10H2,1H3,(H,16,18,19). The van der Waals surface area contributed by atoms with Crippen LogP contribution in [0.4, 0.5) is 0 Å². The second-order valence-corrected chi connectivity index (χ2v) is 5.58. The van der Waals surface area contributed by atoms with Crippen LogP contribution >= 0.6 is 0 Å². The summed E-state index contributed by atoms with van der Waals surface area (Å²) in [6.45, 7) is 3.85. The molecule has 3 aliphatic rings. The fourth-order valence-corrected chi connectivity index (χ4v) is 3.67. The first-order valence-corrected chi connectivity index (χ1v) is 7.19. The van der Waals surface area contributed by atoms with Crippen molar-refractivity contribution in [3.05, 3.63) is 23.8 Å². The van der Waals surface area contributed by atoms with Gasteiger partial charge in [-0.05, 0) is 32.4 Å². The second kappa shape index (κ2) is 4.60. The molecule has 2 atom stereocenters. The summed E-state index contributed by atoms with van der Waals surface area (Å²) in [7, 11) is 0. The summed E-state index contributed by atoms with van der Waals surface area (Å²) in [5, 5.41) is 2.55. The number of imide groups is 1. The maximum atomic E-state index is 12.4. The number of rotatable bonds is 2. The highest BCUT2D eigenvalue weighted by molar-refractivity contribution is 6.12. The topological polar surface area (TPSA) is 49.4 Å². The van der Waals surface area contributed by atoms with Crippen LogP contribution in [0.5, 0.6) is 0 Å². The van der Waals surface area contributed by atoms with Crippen molar-refractivity contribution in [1.29, 1.82) is 0 Å². The molecular weight excluding hydrogens is 240 g/mol.